The number of aromatic nitrogens is 1. The van der Waals surface area contributed by atoms with E-state index in [-0.39, 0.29) is 5.56 Å². The Morgan fingerprint density at radius 1 is 1.39 bits per heavy atom. The van der Waals surface area contributed by atoms with Crippen molar-refractivity contribution in [3.05, 3.63) is 40.7 Å². The summed E-state index contributed by atoms with van der Waals surface area (Å²) in [5.74, 6) is 2.34. The van der Waals surface area contributed by atoms with Crippen LogP contribution in [0.5, 0.6) is 0 Å². The van der Waals surface area contributed by atoms with Gasteiger partial charge in [0.05, 0.1) is 5.52 Å². The molecule has 2 heterocycles. The molecule has 1 atom stereocenters. The Morgan fingerprint density at radius 2 is 2.22 bits per heavy atom. The Balaban J connectivity index is 2.10. The second-order valence-corrected chi connectivity index (χ2v) is 5.83. The fraction of sp³-hybridized carbons (Fsp3) is 0.357. The minimum atomic E-state index is 0.0434. The van der Waals surface area contributed by atoms with E-state index in [2.05, 4.69) is 11.4 Å². The number of para-hydroxylation sites is 1. The zero-order valence-electron chi connectivity index (χ0n) is 10.3. The van der Waals surface area contributed by atoms with Gasteiger partial charge in [0.2, 0.25) is 0 Å². The molecule has 4 heteroatoms. The Bertz CT molecular complexity index is 629. The SMILES string of the molecule is Cn1c(=O)cc(NC2CCSC2)c2ccccc21. The molecule has 2 aromatic rings. The fourth-order valence-corrected chi connectivity index (χ4v) is 3.55. The minimum absolute atomic E-state index is 0.0434. The lowest BCUT2D eigenvalue weighted by atomic mass is 10.1. The van der Waals surface area contributed by atoms with E-state index in [0.717, 1.165) is 22.3 Å². The highest BCUT2D eigenvalue weighted by molar-refractivity contribution is 7.99. The number of pyridine rings is 1. The number of fused-ring (bicyclic) bond motifs is 1. The Labute approximate surface area is 110 Å². The number of rotatable bonds is 2. The van der Waals surface area contributed by atoms with Crippen molar-refractivity contribution in [2.24, 2.45) is 7.05 Å². The van der Waals surface area contributed by atoms with Gasteiger partial charge in [-0.3, -0.25) is 4.79 Å². The average molecular weight is 260 g/mol. The van der Waals surface area contributed by atoms with Crippen molar-refractivity contribution in [1.82, 2.24) is 4.57 Å². The number of hydrogen-bond donors (Lipinski definition) is 1. The van der Waals surface area contributed by atoms with E-state index >= 15 is 0 Å². The molecule has 1 fully saturated rings. The number of thioether (sulfide) groups is 1. The quantitative estimate of drug-likeness (QED) is 0.900. The first-order chi connectivity index (χ1) is 8.75. The largest absolute Gasteiger partial charge is 0.381 e. The Hall–Kier alpha value is -1.42. The third kappa shape index (κ3) is 2.01. The highest BCUT2D eigenvalue weighted by Crippen LogP contribution is 2.25. The van der Waals surface area contributed by atoms with E-state index in [9.17, 15) is 4.79 Å². The first-order valence-electron chi connectivity index (χ1n) is 6.19. The van der Waals surface area contributed by atoms with Gasteiger partial charge in [-0.1, -0.05) is 18.2 Å². The lowest BCUT2D eigenvalue weighted by Gasteiger charge is -2.16. The minimum Gasteiger partial charge on any atom is -0.381 e. The molecule has 0 saturated carbocycles. The molecule has 18 heavy (non-hydrogen) atoms. The Morgan fingerprint density at radius 3 is 3.00 bits per heavy atom. The zero-order valence-corrected chi connectivity index (χ0v) is 11.2. The molecule has 0 radical (unpaired) electrons. The van der Waals surface area contributed by atoms with Gasteiger partial charge in [0.1, 0.15) is 0 Å². The predicted molar refractivity (Wildman–Crippen MR) is 78.5 cm³/mol. The van der Waals surface area contributed by atoms with Gasteiger partial charge >= 0.3 is 0 Å². The van der Waals surface area contributed by atoms with Gasteiger partial charge in [0.25, 0.3) is 5.56 Å². The van der Waals surface area contributed by atoms with Gasteiger partial charge < -0.3 is 9.88 Å². The predicted octanol–water partition coefficient (Wildman–Crippen LogP) is 2.46. The van der Waals surface area contributed by atoms with Crippen LogP contribution >= 0.6 is 11.8 Å². The van der Waals surface area contributed by atoms with Crippen molar-refractivity contribution in [3.63, 3.8) is 0 Å². The van der Waals surface area contributed by atoms with E-state index in [1.165, 1.54) is 12.2 Å². The first kappa shape index (κ1) is 11.7. The van der Waals surface area contributed by atoms with Crippen molar-refractivity contribution in [1.29, 1.82) is 0 Å². The molecule has 3 rings (SSSR count). The number of anilines is 1. The molecule has 0 spiro atoms. The summed E-state index contributed by atoms with van der Waals surface area (Å²) in [7, 11) is 1.82. The third-order valence-electron chi connectivity index (χ3n) is 3.44. The number of aryl methyl sites for hydroxylation is 1. The fourth-order valence-electron chi connectivity index (χ4n) is 2.40. The van der Waals surface area contributed by atoms with Crippen LogP contribution in [0.1, 0.15) is 6.42 Å². The number of nitrogens with one attached hydrogen (secondary N) is 1. The molecule has 1 aromatic heterocycles. The van der Waals surface area contributed by atoms with Crippen LogP contribution in [-0.2, 0) is 7.05 Å². The molecule has 1 saturated heterocycles. The second-order valence-electron chi connectivity index (χ2n) is 4.68. The molecule has 1 aliphatic heterocycles. The lowest BCUT2D eigenvalue weighted by molar-refractivity contribution is 0.812. The summed E-state index contributed by atoms with van der Waals surface area (Å²) in [6.07, 6.45) is 1.17. The van der Waals surface area contributed by atoms with Crippen LogP contribution in [0.3, 0.4) is 0 Å². The monoisotopic (exact) mass is 260 g/mol. The van der Waals surface area contributed by atoms with Crippen molar-refractivity contribution < 1.29 is 0 Å². The molecule has 1 unspecified atom stereocenters. The summed E-state index contributed by atoms with van der Waals surface area (Å²) >= 11 is 1.97. The highest BCUT2D eigenvalue weighted by atomic mass is 32.2. The van der Waals surface area contributed by atoms with Gasteiger partial charge in [0, 0.05) is 36.0 Å². The van der Waals surface area contributed by atoms with E-state index < -0.39 is 0 Å². The maximum Gasteiger partial charge on any atom is 0.252 e. The number of hydrogen-bond acceptors (Lipinski definition) is 3. The van der Waals surface area contributed by atoms with Crippen LogP contribution in [0, 0.1) is 0 Å². The molecule has 94 valence electrons. The van der Waals surface area contributed by atoms with Crippen molar-refractivity contribution in [2.45, 2.75) is 12.5 Å². The molecule has 0 aliphatic carbocycles. The second kappa shape index (κ2) is 4.69. The molecule has 1 aliphatic rings. The molecule has 3 nitrogen and oxygen atoms in total. The summed E-state index contributed by atoms with van der Waals surface area (Å²) in [5.41, 5.74) is 2.00. The molecule has 1 aromatic carbocycles. The van der Waals surface area contributed by atoms with Gasteiger partial charge in [-0.25, -0.2) is 0 Å². The van der Waals surface area contributed by atoms with Crippen LogP contribution in [0.15, 0.2) is 35.1 Å². The highest BCUT2D eigenvalue weighted by Gasteiger charge is 2.16. The smallest absolute Gasteiger partial charge is 0.252 e. The van der Waals surface area contributed by atoms with Crippen molar-refractivity contribution in [3.8, 4) is 0 Å². The van der Waals surface area contributed by atoms with E-state index in [1.54, 1.807) is 10.6 Å². The third-order valence-corrected chi connectivity index (χ3v) is 4.61. The van der Waals surface area contributed by atoms with Gasteiger partial charge in [-0.2, -0.15) is 11.8 Å². The lowest BCUT2D eigenvalue weighted by Crippen LogP contribution is -2.22. The molecule has 0 bridgehead atoms. The summed E-state index contributed by atoms with van der Waals surface area (Å²) < 4.78 is 1.70. The summed E-state index contributed by atoms with van der Waals surface area (Å²) in [4.78, 5) is 11.9. The summed E-state index contributed by atoms with van der Waals surface area (Å²) in [5, 5.41) is 4.64. The van der Waals surface area contributed by atoms with Crippen LogP contribution < -0.4 is 10.9 Å². The van der Waals surface area contributed by atoms with Crippen molar-refractivity contribution in [2.75, 3.05) is 16.8 Å². The maximum atomic E-state index is 11.9. The molecular weight excluding hydrogens is 244 g/mol. The normalized spacial score (nSPS) is 19.3. The van der Waals surface area contributed by atoms with Crippen LogP contribution in [0.2, 0.25) is 0 Å². The Kier molecular flexibility index (Phi) is 3.04. The van der Waals surface area contributed by atoms with Crippen LogP contribution in [0.25, 0.3) is 10.9 Å². The number of benzene rings is 1. The standard InChI is InChI=1S/C14H16N2OS/c1-16-13-5-3-2-4-11(13)12(8-14(16)17)15-10-6-7-18-9-10/h2-5,8,10,15H,6-7,9H2,1H3. The van der Waals surface area contributed by atoms with Crippen LogP contribution in [0.4, 0.5) is 5.69 Å². The summed E-state index contributed by atoms with van der Waals surface area (Å²) in [6, 6.07) is 10.2. The van der Waals surface area contributed by atoms with Gasteiger partial charge in [0.15, 0.2) is 0 Å². The van der Waals surface area contributed by atoms with Crippen molar-refractivity contribution >= 4 is 28.4 Å². The number of nitrogens with zero attached hydrogens (tertiary/aromatic N) is 1. The van der Waals surface area contributed by atoms with Crippen LogP contribution in [-0.4, -0.2) is 22.1 Å². The van der Waals surface area contributed by atoms with E-state index in [4.69, 9.17) is 0 Å². The molecule has 1 N–H and O–H groups in total. The molecule has 0 amide bonds. The maximum absolute atomic E-state index is 11.9. The topological polar surface area (TPSA) is 34.0 Å². The van der Waals surface area contributed by atoms with E-state index in [1.807, 2.05) is 37.0 Å². The molecular formula is C14H16N2OS. The summed E-state index contributed by atoms with van der Waals surface area (Å²) in [6.45, 7) is 0. The van der Waals surface area contributed by atoms with Gasteiger partial charge in [-0.05, 0) is 18.2 Å². The van der Waals surface area contributed by atoms with E-state index in [0.29, 0.717) is 6.04 Å². The average Bonchev–Trinajstić information content (AvgIpc) is 2.89. The first-order valence-corrected chi connectivity index (χ1v) is 7.34. The van der Waals surface area contributed by atoms with Gasteiger partial charge in [-0.15, -0.1) is 0 Å². The zero-order chi connectivity index (χ0) is 12.5.